The smallest absolute Gasteiger partial charge is 0.129 e. The van der Waals surface area contributed by atoms with Gasteiger partial charge < -0.3 is 0 Å². The third-order valence-corrected chi connectivity index (χ3v) is 2.07. The first kappa shape index (κ1) is 12.4. The quantitative estimate of drug-likeness (QED) is 0.622. The van der Waals surface area contributed by atoms with Crippen molar-refractivity contribution in [3.05, 3.63) is 71.3 Å². The number of hydrogen-bond acceptors (Lipinski definition) is 0. The second-order valence-electron chi connectivity index (χ2n) is 3.55. The SMILES string of the molecule is Cc1ccc(F)cc1F.Cc1ccccc1. The molecule has 0 spiro atoms. The Morgan fingerprint density at radius 2 is 1.44 bits per heavy atom. The van der Waals surface area contributed by atoms with Crippen LogP contribution in [-0.2, 0) is 0 Å². The van der Waals surface area contributed by atoms with Crippen molar-refractivity contribution in [2.24, 2.45) is 0 Å². The van der Waals surface area contributed by atoms with Crippen LogP contribution in [0.15, 0.2) is 48.5 Å². The van der Waals surface area contributed by atoms with Crippen LogP contribution in [0.4, 0.5) is 8.78 Å². The van der Waals surface area contributed by atoms with Crippen molar-refractivity contribution in [3.8, 4) is 0 Å². The maximum atomic E-state index is 12.3. The highest BCUT2D eigenvalue weighted by molar-refractivity contribution is 5.16. The molecule has 84 valence electrons. The lowest BCUT2D eigenvalue weighted by Crippen LogP contribution is -1.81. The molecule has 0 nitrogen and oxygen atoms in total. The number of rotatable bonds is 0. The van der Waals surface area contributed by atoms with Crippen LogP contribution in [0.5, 0.6) is 0 Å². The predicted molar refractivity (Wildman–Crippen MR) is 62.3 cm³/mol. The summed E-state index contributed by atoms with van der Waals surface area (Å²) < 4.78 is 24.4. The van der Waals surface area contributed by atoms with Crippen molar-refractivity contribution in [2.45, 2.75) is 13.8 Å². The van der Waals surface area contributed by atoms with Crippen LogP contribution in [0.2, 0.25) is 0 Å². The van der Waals surface area contributed by atoms with Gasteiger partial charge in [-0.15, -0.1) is 0 Å². The number of hydrogen-bond donors (Lipinski definition) is 0. The summed E-state index contributed by atoms with van der Waals surface area (Å²) in [5, 5.41) is 0. The Bertz CT molecular complexity index is 436. The van der Waals surface area contributed by atoms with E-state index in [-0.39, 0.29) is 0 Å². The normalized spacial score (nSPS) is 9.25. The maximum Gasteiger partial charge on any atom is 0.129 e. The molecule has 0 N–H and O–H groups in total. The highest BCUT2D eigenvalue weighted by Crippen LogP contribution is 2.06. The lowest BCUT2D eigenvalue weighted by Gasteiger charge is -1.92. The molecule has 2 aromatic rings. The van der Waals surface area contributed by atoms with Gasteiger partial charge in [-0.3, -0.25) is 0 Å². The van der Waals surface area contributed by atoms with Gasteiger partial charge >= 0.3 is 0 Å². The van der Waals surface area contributed by atoms with E-state index in [1.807, 2.05) is 18.2 Å². The fourth-order valence-electron chi connectivity index (χ4n) is 1.10. The Hall–Kier alpha value is -1.70. The molecule has 2 heteroatoms. The van der Waals surface area contributed by atoms with E-state index in [1.54, 1.807) is 6.92 Å². The van der Waals surface area contributed by atoms with Crippen LogP contribution < -0.4 is 0 Å². The zero-order valence-corrected chi connectivity index (χ0v) is 9.37. The first-order valence-corrected chi connectivity index (χ1v) is 5.03. The summed E-state index contributed by atoms with van der Waals surface area (Å²) in [5.41, 5.74) is 1.79. The van der Waals surface area contributed by atoms with E-state index >= 15 is 0 Å². The van der Waals surface area contributed by atoms with Gasteiger partial charge in [-0.05, 0) is 25.5 Å². The molecular formula is C14H14F2. The molecule has 16 heavy (non-hydrogen) atoms. The van der Waals surface area contributed by atoms with Crippen molar-refractivity contribution in [2.75, 3.05) is 0 Å². The second-order valence-corrected chi connectivity index (χ2v) is 3.55. The van der Waals surface area contributed by atoms with Crippen molar-refractivity contribution >= 4 is 0 Å². The largest absolute Gasteiger partial charge is 0.207 e. The molecule has 0 heterocycles. The van der Waals surface area contributed by atoms with E-state index in [0.717, 1.165) is 6.07 Å². The first-order valence-electron chi connectivity index (χ1n) is 5.03. The zero-order chi connectivity index (χ0) is 12.0. The van der Waals surface area contributed by atoms with Gasteiger partial charge in [-0.2, -0.15) is 0 Å². The van der Waals surface area contributed by atoms with Crippen molar-refractivity contribution in [3.63, 3.8) is 0 Å². The van der Waals surface area contributed by atoms with Gasteiger partial charge in [0.2, 0.25) is 0 Å². The summed E-state index contributed by atoms with van der Waals surface area (Å²) in [4.78, 5) is 0. The summed E-state index contributed by atoms with van der Waals surface area (Å²) in [6, 6.07) is 13.8. The van der Waals surface area contributed by atoms with Gasteiger partial charge in [0, 0.05) is 6.07 Å². The van der Waals surface area contributed by atoms with E-state index in [0.29, 0.717) is 5.56 Å². The molecule has 0 radical (unpaired) electrons. The van der Waals surface area contributed by atoms with Gasteiger partial charge in [0.25, 0.3) is 0 Å². The fourth-order valence-corrected chi connectivity index (χ4v) is 1.10. The molecule has 0 atom stereocenters. The van der Waals surface area contributed by atoms with E-state index < -0.39 is 11.6 Å². The first-order chi connectivity index (χ1) is 7.59. The van der Waals surface area contributed by atoms with Gasteiger partial charge in [0.15, 0.2) is 0 Å². The van der Waals surface area contributed by atoms with E-state index in [4.69, 9.17) is 0 Å². The topological polar surface area (TPSA) is 0 Å². The van der Waals surface area contributed by atoms with E-state index in [1.165, 1.54) is 17.7 Å². The summed E-state index contributed by atoms with van der Waals surface area (Å²) >= 11 is 0. The van der Waals surface area contributed by atoms with Crippen LogP contribution in [-0.4, -0.2) is 0 Å². The Balaban J connectivity index is 0.000000165. The molecule has 2 aromatic carbocycles. The van der Waals surface area contributed by atoms with Crippen molar-refractivity contribution in [1.29, 1.82) is 0 Å². The third-order valence-electron chi connectivity index (χ3n) is 2.07. The number of benzene rings is 2. The van der Waals surface area contributed by atoms with Crippen LogP contribution in [0.3, 0.4) is 0 Å². The summed E-state index contributed by atoms with van der Waals surface area (Å²) in [5.74, 6) is -1.02. The highest BCUT2D eigenvalue weighted by atomic mass is 19.1. The molecule has 0 fully saturated rings. The molecule has 0 amide bonds. The summed E-state index contributed by atoms with van der Waals surface area (Å²) in [7, 11) is 0. The van der Waals surface area contributed by atoms with Crippen LogP contribution >= 0.6 is 0 Å². The maximum absolute atomic E-state index is 12.3. The molecule has 0 saturated carbocycles. The van der Waals surface area contributed by atoms with Gasteiger partial charge in [0.05, 0.1) is 0 Å². The van der Waals surface area contributed by atoms with Gasteiger partial charge in [0.1, 0.15) is 11.6 Å². The minimum absolute atomic E-state index is 0.469. The van der Waals surface area contributed by atoms with Crippen LogP contribution in [0.25, 0.3) is 0 Å². The second kappa shape index (κ2) is 6.01. The Labute approximate surface area is 94.6 Å². The van der Waals surface area contributed by atoms with Crippen molar-refractivity contribution in [1.82, 2.24) is 0 Å². The predicted octanol–water partition coefficient (Wildman–Crippen LogP) is 4.27. The fraction of sp³-hybridized carbons (Fsp3) is 0.143. The molecule has 2 rings (SSSR count). The molecular weight excluding hydrogens is 206 g/mol. The number of aryl methyl sites for hydroxylation is 2. The monoisotopic (exact) mass is 220 g/mol. The highest BCUT2D eigenvalue weighted by Gasteiger charge is 1.95. The minimum atomic E-state index is -0.530. The average Bonchev–Trinajstić information content (AvgIpc) is 2.26. The molecule has 0 aliphatic rings. The van der Waals surface area contributed by atoms with Crippen molar-refractivity contribution < 1.29 is 8.78 Å². The summed E-state index contributed by atoms with van der Waals surface area (Å²) in [6.07, 6.45) is 0. The molecule has 0 aromatic heterocycles. The molecule has 0 unspecified atom stereocenters. The summed E-state index contributed by atoms with van der Waals surface area (Å²) in [6.45, 7) is 3.68. The Kier molecular flexibility index (Phi) is 4.65. The molecule has 0 aliphatic carbocycles. The zero-order valence-electron chi connectivity index (χ0n) is 9.37. The standard InChI is InChI=1S/C7H6F2.C7H8/c1-5-2-3-6(8)4-7(5)9;1-7-5-3-2-4-6-7/h2-4H,1H3;2-6H,1H3. The van der Waals surface area contributed by atoms with Crippen LogP contribution in [0, 0.1) is 25.5 Å². The lowest BCUT2D eigenvalue weighted by atomic mass is 10.2. The lowest BCUT2D eigenvalue weighted by molar-refractivity contribution is 0.577. The molecule has 0 aliphatic heterocycles. The van der Waals surface area contributed by atoms with Crippen LogP contribution in [0.1, 0.15) is 11.1 Å². The van der Waals surface area contributed by atoms with Gasteiger partial charge in [-0.1, -0.05) is 42.0 Å². The van der Waals surface area contributed by atoms with Gasteiger partial charge in [-0.25, -0.2) is 8.78 Å². The Morgan fingerprint density at radius 3 is 1.81 bits per heavy atom. The number of halogens is 2. The van der Waals surface area contributed by atoms with E-state index in [9.17, 15) is 8.78 Å². The third kappa shape index (κ3) is 4.22. The Morgan fingerprint density at radius 1 is 0.812 bits per heavy atom. The molecule has 0 bridgehead atoms. The average molecular weight is 220 g/mol. The van der Waals surface area contributed by atoms with E-state index in [2.05, 4.69) is 19.1 Å². The minimum Gasteiger partial charge on any atom is -0.207 e. The molecule has 0 saturated heterocycles.